The van der Waals surface area contributed by atoms with Gasteiger partial charge in [-0.2, -0.15) is 0 Å². The van der Waals surface area contributed by atoms with Crippen molar-refractivity contribution in [2.45, 2.75) is 412 Å². The maximum atomic E-state index is 12.1. The van der Waals surface area contributed by atoms with Crippen LogP contribution in [0.1, 0.15) is 400 Å². The normalized spacial score (nSPS) is 11.9. The van der Waals surface area contributed by atoms with Crippen molar-refractivity contribution in [2.75, 3.05) is 0 Å². The molecule has 0 aliphatic carbocycles. The molecule has 77 heavy (non-hydrogen) atoms. The van der Waals surface area contributed by atoms with E-state index < -0.39 is 11.9 Å². The molecule has 0 fully saturated rings. The van der Waals surface area contributed by atoms with Gasteiger partial charge in [0.2, 0.25) is 0 Å². The number of hydrogen-bond acceptors (Lipinski definition) is 8. The van der Waals surface area contributed by atoms with Gasteiger partial charge >= 0.3 is 49.7 Å². The zero-order valence-corrected chi connectivity index (χ0v) is 54.3. The van der Waals surface area contributed by atoms with Crippen LogP contribution < -0.4 is 10.2 Å². The van der Waals surface area contributed by atoms with E-state index in [0.29, 0.717) is 12.8 Å². The monoisotopic (exact) mass is 1110 g/mol. The summed E-state index contributed by atoms with van der Waals surface area (Å²) in [5.41, 5.74) is 0. The largest absolute Gasteiger partial charge is 2.00 e. The summed E-state index contributed by atoms with van der Waals surface area (Å²) in [6.07, 6.45) is 69.7. The van der Waals surface area contributed by atoms with Gasteiger partial charge in [-0.1, -0.05) is 309 Å². The number of unbranched alkanes of at least 4 members (excludes halogenated alkanes) is 48. The van der Waals surface area contributed by atoms with Crippen molar-refractivity contribution < 1.29 is 38.9 Å². The molecule has 452 valence electrons. The first-order valence-corrected chi connectivity index (χ1v) is 33.9. The molecule has 0 rings (SSSR count). The van der Waals surface area contributed by atoms with Crippen molar-refractivity contribution in [1.29, 1.82) is 0 Å². The molecule has 0 saturated carbocycles. The number of rotatable bonds is 62. The fourth-order valence-corrected chi connectivity index (χ4v) is 10.6. The Hall–Kier alpha value is -0.860. The molecule has 0 aromatic heterocycles. The zero-order valence-electron chi connectivity index (χ0n) is 52.1. The molecule has 0 amide bonds. The molecule has 0 bridgehead atoms. The molecule has 0 aliphatic rings. The SMILES string of the molecule is CCCCCCCCCCCCCCCC(=O)OC(C)CCCCCCCCCCCCCCCC(=O)[O-].CCCCCCCCCCCCCCCC(=O)OC(C)CCCCCCCCCCCCCCCC(=O)[O-].[Ca+2]. The first kappa shape index (κ1) is 80.4. The summed E-state index contributed by atoms with van der Waals surface area (Å²) in [5, 5.41) is 20.7. The Labute approximate surface area is 509 Å². The number of hydrogen-bond donors (Lipinski definition) is 0. The van der Waals surface area contributed by atoms with Gasteiger partial charge in [0.25, 0.3) is 0 Å². The molecule has 0 aliphatic heterocycles. The Morgan fingerprint density at radius 3 is 0.597 bits per heavy atom. The molecule has 8 nitrogen and oxygen atoms in total. The van der Waals surface area contributed by atoms with Gasteiger partial charge in [-0.05, 0) is 78.1 Å². The third-order valence-electron chi connectivity index (χ3n) is 15.6. The van der Waals surface area contributed by atoms with Gasteiger partial charge in [0.1, 0.15) is 0 Å². The van der Waals surface area contributed by atoms with Gasteiger partial charge in [-0.15, -0.1) is 0 Å². The number of carboxylic acids is 2. The van der Waals surface area contributed by atoms with Crippen LogP contribution in [-0.2, 0) is 28.7 Å². The first-order chi connectivity index (χ1) is 37.1. The molecule has 2 unspecified atom stereocenters. The van der Waals surface area contributed by atoms with Crippen molar-refractivity contribution in [2.24, 2.45) is 0 Å². The minimum absolute atomic E-state index is 0. The average molecular weight is 1120 g/mol. The van der Waals surface area contributed by atoms with Crippen LogP contribution in [0, 0.1) is 0 Å². The van der Waals surface area contributed by atoms with Gasteiger partial charge < -0.3 is 29.3 Å². The number of carbonyl (C=O) groups is 4. The topological polar surface area (TPSA) is 133 Å². The minimum atomic E-state index is -0.918. The molecule has 0 N–H and O–H groups in total. The molecular weight excluding hydrogens is 985 g/mol. The van der Waals surface area contributed by atoms with Gasteiger partial charge in [0, 0.05) is 24.8 Å². The van der Waals surface area contributed by atoms with E-state index in [-0.39, 0.29) is 74.7 Å². The van der Waals surface area contributed by atoms with Crippen LogP contribution in [0.3, 0.4) is 0 Å². The fourth-order valence-electron chi connectivity index (χ4n) is 10.6. The maximum Gasteiger partial charge on any atom is 2.00 e. The Morgan fingerprint density at radius 1 is 0.260 bits per heavy atom. The van der Waals surface area contributed by atoms with E-state index in [2.05, 4.69) is 13.8 Å². The summed E-state index contributed by atoms with van der Waals surface area (Å²) in [5.74, 6) is -1.84. The summed E-state index contributed by atoms with van der Waals surface area (Å²) >= 11 is 0. The Kier molecular flexibility index (Phi) is 72.4. The summed E-state index contributed by atoms with van der Waals surface area (Å²) in [4.78, 5) is 44.9. The van der Waals surface area contributed by atoms with E-state index in [9.17, 15) is 29.4 Å². The third-order valence-corrected chi connectivity index (χ3v) is 15.6. The first-order valence-electron chi connectivity index (χ1n) is 33.9. The molecule has 0 heterocycles. The number of ether oxygens (including phenoxy) is 2. The number of aliphatic carboxylic acids is 2. The van der Waals surface area contributed by atoms with E-state index >= 15 is 0 Å². The van der Waals surface area contributed by atoms with Crippen LogP contribution in [0.5, 0.6) is 0 Å². The molecule has 0 aromatic carbocycles. The maximum absolute atomic E-state index is 12.1. The predicted molar refractivity (Wildman–Crippen MR) is 326 cm³/mol. The Bertz CT molecular complexity index is 1110. The van der Waals surface area contributed by atoms with Crippen molar-refractivity contribution in [3.63, 3.8) is 0 Å². The predicted octanol–water partition coefficient (Wildman–Crippen LogP) is 19.6. The second kappa shape index (κ2) is 69.4. The third kappa shape index (κ3) is 75.1. The molecule has 0 radical (unpaired) electrons. The summed E-state index contributed by atoms with van der Waals surface area (Å²) < 4.78 is 11.2. The quantitative estimate of drug-likeness (QED) is 0.0334. The zero-order chi connectivity index (χ0) is 55.9. The van der Waals surface area contributed by atoms with Gasteiger partial charge in [-0.25, -0.2) is 0 Å². The van der Waals surface area contributed by atoms with E-state index in [4.69, 9.17) is 9.47 Å². The van der Waals surface area contributed by atoms with Crippen LogP contribution >= 0.6 is 0 Å². The molecule has 0 spiro atoms. The smallest absolute Gasteiger partial charge is 0.550 e. The molecular formula is C68H130CaO8. The second-order valence-corrected chi connectivity index (χ2v) is 23.6. The van der Waals surface area contributed by atoms with Gasteiger partial charge in [0.15, 0.2) is 0 Å². The van der Waals surface area contributed by atoms with Gasteiger partial charge in [-0.3, -0.25) is 9.59 Å². The van der Waals surface area contributed by atoms with E-state index in [1.807, 2.05) is 13.8 Å². The van der Waals surface area contributed by atoms with Gasteiger partial charge in [0.05, 0.1) is 12.2 Å². The second-order valence-electron chi connectivity index (χ2n) is 23.6. The average Bonchev–Trinajstić information content (AvgIpc) is 3.39. The van der Waals surface area contributed by atoms with Crippen LogP contribution in [0.4, 0.5) is 0 Å². The number of carboxylic acid groups (broad SMARTS) is 2. The minimum Gasteiger partial charge on any atom is -0.550 e. The number of esters is 2. The van der Waals surface area contributed by atoms with Crippen molar-refractivity contribution in [3.8, 4) is 0 Å². The standard InChI is InChI=1S/2C34H66O4.Ca/c2*1-3-4-5-6-7-8-9-11-16-19-22-25-28-31-34(37)38-32(2)29-26-23-20-17-14-12-10-13-15-18-21-24-27-30-33(35)36;/h2*32H,3-31H2,1-2H3,(H,35,36);/q;;+2/p-2. The summed E-state index contributed by atoms with van der Waals surface area (Å²) in [7, 11) is 0. The van der Waals surface area contributed by atoms with Crippen molar-refractivity contribution >= 4 is 61.6 Å². The Balaban J connectivity index is -0.00000140. The van der Waals surface area contributed by atoms with Crippen LogP contribution in [-0.4, -0.2) is 73.8 Å². The molecule has 2 atom stereocenters. The fraction of sp³-hybridized carbons (Fsp3) is 0.941. The molecule has 9 heteroatoms. The van der Waals surface area contributed by atoms with Crippen LogP contribution in [0.25, 0.3) is 0 Å². The van der Waals surface area contributed by atoms with E-state index in [1.54, 1.807) is 0 Å². The summed E-state index contributed by atoms with van der Waals surface area (Å²) in [6, 6.07) is 0. The van der Waals surface area contributed by atoms with Crippen molar-refractivity contribution in [1.82, 2.24) is 0 Å². The summed E-state index contributed by atoms with van der Waals surface area (Å²) in [6.45, 7) is 8.64. The van der Waals surface area contributed by atoms with Crippen LogP contribution in [0.15, 0.2) is 0 Å². The van der Waals surface area contributed by atoms with E-state index in [0.717, 1.165) is 89.9 Å². The Morgan fingerprint density at radius 2 is 0.416 bits per heavy atom. The molecule has 0 saturated heterocycles. The molecule has 0 aromatic rings. The van der Waals surface area contributed by atoms with Crippen molar-refractivity contribution in [3.05, 3.63) is 0 Å². The van der Waals surface area contributed by atoms with Crippen LogP contribution in [0.2, 0.25) is 0 Å². The number of carbonyl (C=O) groups excluding carboxylic acids is 4. The van der Waals surface area contributed by atoms with E-state index in [1.165, 1.54) is 257 Å².